The topological polar surface area (TPSA) is 44.5 Å². The van der Waals surface area contributed by atoms with Gasteiger partial charge in [-0.2, -0.15) is 0 Å². The van der Waals surface area contributed by atoms with Gasteiger partial charge in [0.25, 0.3) is 0 Å². The largest absolute Gasteiger partial charge is 0.454 e. The first-order valence-electron chi connectivity index (χ1n) is 6.50. The second-order valence-corrected chi connectivity index (χ2v) is 5.00. The third-order valence-electron chi connectivity index (χ3n) is 3.94. The van der Waals surface area contributed by atoms with Crippen LogP contribution in [0.5, 0.6) is 11.5 Å². The molecule has 0 unspecified atom stereocenters. The molecule has 1 aliphatic carbocycles. The zero-order valence-electron chi connectivity index (χ0n) is 10.4. The average molecular weight is 270 g/mol. The maximum Gasteiger partial charge on any atom is 0.231 e. The average Bonchev–Trinajstić information content (AvgIpc) is 2.87. The van der Waals surface area contributed by atoms with Crippen molar-refractivity contribution < 1.29 is 9.47 Å². The van der Waals surface area contributed by atoms with Gasteiger partial charge in [0, 0.05) is 11.6 Å². The van der Waals surface area contributed by atoms with E-state index in [1.165, 1.54) is 32.1 Å². The van der Waals surface area contributed by atoms with Gasteiger partial charge in [-0.3, -0.25) is 0 Å². The molecule has 0 aromatic heterocycles. The summed E-state index contributed by atoms with van der Waals surface area (Å²) >= 11 is 0. The van der Waals surface area contributed by atoms with Crippen molar-refractivity contribution in [1.82, 2.24) is 0 Å². The lowest BCUT2D eigenvalue weighted by Crippen LogP contribution is -2.23. The molecule has 1 aliphatic heterocycles. The summed E-state index contributed by atoms with van der Waals surface area (Å²) in [7, 11) is 0. The van der Waals surface area contributed by atoms with Crippen molar-refractivity contribution in [2.75, 3.05) is 6.79 Å². The van der Waals surface area contributed by atoms with Crippen molar-refractivity contribution in [2.45, 2.75) is 38.1 Å². The van der Waals surface area contributed by atoms with E-state index in [1.807, 2.05) is 12.1 Å². The predicted octanol–water partition coefficient (Wildman–Crippen LogP) is 3.42. The predicted molar refractivity (Wildman–Crippen MR) is 73.3 cm³/mol. The smallest absolute Gasteiger partial charge is 0.231 e. The minimum absolute atomic E-state index is 0. The summed E-state index contributed by atoms with van der Waals surface area (Å²) in [6.07, 6.45) is 6.46. The number of nitrogens with two attached hydrogens (primary N) is 1. The molecule has 1 aromatic rings. The van der Waals surface area contributed by atoms with E-state index in [-0.39, 0.29) is 18.4 Å². The fourth-order valence-electron chi connectivity index (χ4n) is 2.96. The Labute approximate surface area is 114 Å². The van der Waals surface area contributed by atoms with E-state index >= 15 is 0 Å². The van der Waals surface area contributed by atoms with Crippen molar-refractivity contribution in [3.8, 4) is 11.5 Å². The van der Waals surface area contributed by atoms with Crippen LogP contribution in [-0.2, 0) is 0 Å². The molecule has 0 spiro atoms. The minimum Gasteiger partial charge on any atom is -0.454 e. The summed E-state index contributed by atoms with van der Waals surface area (Å²) in [4.78, 5) is 0. The van der Waals surface area contributed by atoms with E-state index in [0.29, 0.717) is 12.7 Å². The molecule has 1 heterocycles. The number of rotatable bonds is 2. The van der Waals surface area contributed by atoms with Crippen LogP contribution >= 0.6 is 12.4 Å². The Morgan fingerprint density at radius 2 is 1.89 bits per heavy atom. The Balaban J connectivity index is 0.00000120. The number of benzene rings is 1. The van der Waals surface area contributed by atoms with Crippen LogP contribution in [0, 0.1) is 5.92 Å². The van der Waals surface area contributed by atoms with Gasteiger partial charge in [0.05, 0.1) is 0 Å². The molecule has 0 bridgehead atoms. The zero-order chi connectivity index (χ0) is 11.7. The van der Waals surface area contributed by atoms with Gasteiger partial charge in [0.1, 0.15) is 0 Å². The summed E-state index contributed by atoms with van der Waals surface area (Å²) in [5, 5.41) is 0. The van der Waals surface area contributed by atoms with E-state index in [4.69, 9.17) is 15.2 Å². The molecular formula is C14H20ClNO2. The first kappa shape index (κ1) is 13.5. The highest BCUT2D eigenvalue weighted by atomic mass is 35.5. The molecule has 100 valence electrons. The van der Waals surface area contributed by atoms with E-state index in [1.54, 1.807) is 0 Å². The van der Waals surface area contributed by atoms with Crippen molar-refractivity contribution in [3.05, 3.63) is 23.8 Å². The van der Waals surface area contributed by atoms with Crippen LogP contribution in [0.2, 0.25) is 0 Å². The van der Waals surface area contributed by atoms with E-state index in [9.17, 15) is 0 Å². The van der Waals surface area contributed by atoms with Crippen molar-refractivity contribution >= 4 is 12.4 Å². The Morgan fingerprint density at radius 3 is 2.67 bits per heavy atom. The molecule has 1 fully saturated rings. The molecule has 1 aromatic carbocycles. The molecule has 18 heavy (non-hydrogen) atoms. The van der Waals surface area contributed by atoms with Crippen LogP contribution in [0.1, 0.15) is 43.7 Å². The molecule has 1 saturated carbocycles. The first-order valence-corrected chi connectivity index (χ1v) is 6.50. The second-order valence-electron chi connectivity index (χ2n) is 5.00. The number of fused-ring (bicyclic) bond motifs is 1. The van der Waals surface area contributed by atoms with Gasteiger partial charge < -0.3 is 15.2 Å². The van der Waals surface area contributed by atoms with Crippen molar-refractivity contribution in [3.63, 3.8) is 0 Å². The lowest BCUT2D eigenvalue weighted by molar-refractivity contribution is 0.172. The van der Waals surface area contributed by atoms with Gasteiger partial charge >= 0.3 is 0 Å². The van der Waals surface area contributed by atoms with Crippen LogP contribution in [0.25, 0.3) is 0 Å². The molecule has 0 saturated heterocycles. The van der Waals surface area contributed by atoms with E-state index in [2.05, 4.69) is 6.07 Å². The summed E-state index contributed by atoms with van der Waals surface area (Å²) in [5.74, 6) is 2.30. The highest BCUT2D eigenvalue weighted by molar-refractivity contribution is 5.85. The van der Waals surface area contributed by atoms with Crippen LogP contribution < -0.4 is 15.2 Å². The molecule has 0 radical (unpaired) electrons. The molecule has 2 aliphatic rings. The lowest BCUT2D eigenvalue weighted by Gasteiger charge is -2.28. The molecule has 3 rings (SSSR count). The maximum absolute atomic E-state index is 6.41. The van der Waals surface area contributed by atoms with Gasteiger partial charge in [-0.15, -0.1) is 12.4 Å². The lowest BCUT2D eigenvalue weighted by atomic mass is 9.81. The Hall–Kier alpha value is -0.930. The second kappa shape index (κ2) is 5.81. The van der Waals surface area contributed by atoms with E-state index in [0.717, 1.165) is 17.1 Å². The Kier molecular flexibility index (Phi) is 4.36. The molecule has 3 nitrogen and oxygen atoms in total. The fraction of sp³-hybridized carbons (Fsp3) is 0.571. The number of hydrogen-bond donors (Lipinski definition) is 1. The first-order chi connectivity index (χ1) is 8.36. The highest BCUT2D eigenvalue weighted by Crippen LogP contribution is 2.42. The zero-order valence-corrected chi connectivity index (χ0v) is 11.2. The van der Waals surface area contributed by atoms with Crippen LogP contribution in [-0.4, -0.2) is 6.79 Å². The summed E-state index contributed by atoms with van der Waals surface area (Å²) in [5.41, 5.74) is 7.52. The summed E-state index contributed by atoms with van der Waals surface area (Å²) in [6.45, 7) is 0.323. The number of halogens is 1. The van der Waals surface area contributed by atoms with Crippen molar-refractivity contribution in [1.29, 1.82) is 0 Å². The van der Waals surface area contributed by atoms with Gasteiger partial charge in [0.15, 0.2) is 11.5 Å². The monoisotopic (exact) mass is 269 g/mol. The van der Waals surface area contributed by atoms with Gasteiger partial charge in [0.2, 0.25) is 6.79 Å². The maximum atomic E-state index is 6.41. The van der Waals surface area contributed by atoms with E-state index < -0.39 is 0 Å². The van der Waals surface area contributed by atoms with Gasteiger partial charge in [-0.25, -0.2) is 0 Å². The molecule has 4 heteroatoms. The standard InChI is InChI=1S/C14H19NO2.ClH/c15-13(10-5-2-1-3-6-10)11-7-4-8-12-14(11)17-9-16-12;/h4,7-8,10,13H,1-3,5-6,9,15H2;1H/t13-;/m1./s1. The Morgan fingerprint density at radius 1 is 1.11 bits per heavy atom. The summed E-state index contributed by atoms with van der Waals surface area (Å²) < 4.78 is 10.9. The third kappa shape index (κ3) is 2.43. The number of ether oxygens (including phenoxy) is 2. The molecule has 1 atom stereocenters. The van der Waals surface area contributed by atoms with Gasteiger partial charge in [-0.1, -0.05) is 31.4 Å². The minimum atomic E-state index is 0. The number of para-hydroxylation sites is 1. The SMILES string of the molecule is Cl.N[C@@H](c1cccc2c1OCO2)C1CCCCC1. The van der Waals surface area contributed by atoms with Gasteiger partial charge in [-0.05, 0) is 24.8 Å². The third-order valence-corrected chi connectivity index (χ3v) is 3.94. The molecular weight excluding hydrogens is 250 g/mol. The quantitative estimate of drug-likeness (QED) is 0.895. The van der Waals surface area contributed by atoms with Crippen LogP contribution in [0.3, 0.4) is 0 Å². The van der Waals surface area contributed by atoms with Crippen molar-refractivity contribution in [2.24, 2.45) is 11.7 Å². The molecule has 2 N–H and O–H groups in total. The van der Waals surface area contributed by atoms with Crippen LogP contribution in [0.4, 0.5) is 0 Å². The summed E-state index contributed by atoms with van der Waals surface area (Å²) in [6, 6.07) is 6.12. The highest BCUT2D eigenvalue weighted by Gasteiger charge is 2.27. The Bertz CT molecular complexity index is 405. The number of hydrogen-bond acceptors (Lipinski definition) is 3. The normalized spacial score (nSPS) is 20.3. The fourth-order valence-corrected chi connectivity index (χ4v) is 2.96. The van der Waals surface area contributed by atoms with Crippen LogP contribution in [0.15, 0.2) is 18.2 Å². The molecule has 0 amide bonds.